The van der Waals surface area contributed by atoms with E-state index in [0.717, 1.165) is 38.1 Å². The predicted octanol–water partition coefficient (Wildman–Crippen LogP) is 2.52. The third-order valence-corrected chi connectivity index (χ3v) is 4.62. The van der Waals surface area contributed by atoms with Crippen LogP contribution in [0.15, 0.2) is 42.7 Å². The maximum absolute atomic E-state index is 10.3. The molecule has 1 saturated heterocycles. The first-order valence-electron chi connectivity index (χ1n) is 8.86. The first-order valence-corrected chi connectivity index (χ1v) is 8.86. The normalized spacial score (nSPS) is 20.0. The van der Waals surface area contributed by atoms with Crippen molar-refractivity contribution in [3.05, 3.63) is 48.3 Å². The van der Waals surface area contributed by atoms with Crippen molar-refractivity contribution in [2.24, 2.45) is 0 Å². The second-order valence-electron chi connectivity index (χ2n) is 6.50. The highest BCUT2D eigenvalue weighted by atomic mass is 16.5. The van der Waals surface area contributed by atoms with Gasteiger partial charge in [-0.05, 0) is 49.6 Å². The molecule has 2 aromatic rings. The number of piperidine rings is 1. The standard InChI is InChI=1S/C19H27N3O2/c1-2-16-6-8-19(9-7-16)24-15-18(23)14-21-11-3-5-17(13-21)22-12-4-10-20-22/h4,6-10,12,17-18,23H,2-3,5,11,13-15H2,1H3. The van der Waals surface area contributed by atoms with Crippen LogP contribution >= 0.6 is 0 Å². The quantitative estimate of drug-likeness (QED) is 0.848. The summed E-state index contributed by atoms with van der Waals surface area (Å²) in [6, 6.07) is 10.5. The Kier molecular flexibility index (Phi) is 5.88. The number of β-amino-alcohol motifs (C(OH)–C–C–N with tert-alkyl or cyclic N) is 1. The molecule has 24 heavy (non-hydrogen) atoms. The summed E-state index contributed by atoms with van der Waals surface area (Å²) < 4.78 is 7.75. The average molecular weight is 329 g/mol. The Bertz CT molecular complexity index is 598. The SMILES string of the molecule is CCc1ccc(OCC(O)CN2CCCC(n3cccn3)C2)cc1. The van der Waals surface area contributed by atoms with Crippen molar-refractivity contribution in [2.75, 3.05) is 26.2 Å². The van der Waals surface area contributed by atoms with Crippen molar-refractivity contribution in [2.45, 2.75) is 38.3 Å². The molecule has 0 saturated carbocycles. The van der Waals surface area contributed by atoms with Crippen molar-refractivity contribution in [1.29, 1.82) is 0 Å². The minimum atomic E-state index is -0.479. The van der Waals surface area contributed by atoms with Crippen LogP contribution in [-0.4, -0.2) is 52.1 Å². The third-order valence-electron chi connectivity index (χ3n) is 4.62. The highest BCUT2D eigenvalue weighted by molar-refractivity contribution is 5.27. The van der Waals surface area contributed by atoms with Gasteiger partial charge in [0.05, 0.1) is 6.04 Å². The summed E-state index contributed by atoms with van der Waals surface area (Å²) in [5.74, 6) is 0.819. The number of aliphatic hydroxyl groups is 1. The van der Waals surface area contributed by atoms with Gasteiger partial charge in [0, 0.05) is 25.5 Å². The number of rotatable bonds is 7. The molecule has 2 atom stereocenters. The molecule has 3 rings (SSSR count). The van der Waals surface area contributed by atoms with E-state index in [1.165, 1.54) is 5.56 Å². The van der Waals surface area contributed by atoms with Crippen LogP contribution in [-0.2, 0) is 6.42 Å². The number of nitrogens with zero attached hydrogens (tertiary/aromatic N) is 3. The van der Waals surface area contributed by atoms with Crippen LogP contribution < -0.4 is 4.74 Å². The van der Waals surface area contributed by atoms with E-state index >= 15 is 0 Å². The predicted molar refractivity (Wildman–Crippen MR) is 94.3 cm³/mol. The van der Waals surface area contributed by atoms with E-state index in [2.05, 4.69) is 29.1 Å². The molecule has 1 aromatic heterocycles. The van der Waals surface area contributed by atoms with Crippen LogP contribution in [0.3, 0.4) is 0 Å². The zero-order valence-corrected chi connectivity index (χ0v) is 14.3. The van der Waals surface area contributed by atoms with Crippen LogP contribution in [0.25, 0.3) is 0 Å². The number of benzene rings is 1. The first kappa shape index (κ1) is 17.0. The summed E-state index contributed by atoms with van der Waals surface area (Å²) in [5, 5.41) is 14.6. The maximum Gasteiger partial charge on any atom is 0.119 e. The highest BCUT2D eigenvalue weighted by Crippen LogP contribution is 2.20. The number of aromatic nitrogens is 2. The minimum absolute atomic E-state index is 0.328. The van der Waals surface area contributed by atoms with Gasteiger partial charge in [-0.15, -0.1) is 0 Å². The molecule has 130 valence electrons. The van der Waals surface area contributed by atoms with Gasteiger partial charge in [0.2, 0.25) is 0 Å². The van der Waals surface area contributed by atoms with Gasteiger partial charge < -0.3 is 9.84 Å². The smallest absolute Gasteiger partial charge is 0.119 e. The first-order chi connectivity index (χ1) is 11.7. The van der Waals surface area contributed by atoms with Crippen LogP contribution in [0.4, 0.5) is 0 Å². The number of likely N-dealkylation sites (tertiary alicyclic amines) is 1. The lowest BCUT2D eigenvalue weighted by atomic mass is 10.1. The van der Waals surface area contributed by atoms with Gasteiger partial charge in [0.1, 0.15) is 18.5 Å². The molecular weight excluding hydrogens is 302 g/mol. The summed E-state index contributed by atoms with van der Waals surface area (Å²) >= 11 is 0. The maximum atomic E-state index is 10.3. The highest BCUT2D eigenvalue weighted by Gasteiger charge is 2.23. The Morgan fingerprint density at radius 1 is 1.33 bits per heavy atom. The summed E-state index contributed by atoms with van der Waals surface area (Å²) in [6.07, 6.45) is 6.67. The van der Waals surface area contributed by atoms with Gasteiger partial charge >= 0.3 is 0 Å². The zero-order valence-electron chi connectivity index (χ0n) is 14.3. The topological polar surface area (TPSA) is 50.5 Å². The second-order valence-corrected chi connectivity index (χ2v) is 6.50. The third kappa shape index (κ3) is 4.58. The van der Waals surface area contributed by atoms with Crippen LogP contribution in [0, 0.1) is 0 Å². The van der Waals surface area contributed by atoms with Crippen molar-refractivity contribution in [1.82, 2.24) is 14.7 Å². The van der Waals surface area contributed by atoms with Gasteiger partial charge in [-0.25, -0.2) is 0 Å². The van der Waals surface area contributed by atoms with Crippen LogP contribution in [0.1, 0.15) is 31.4 Å². The molecule has 5 heteroatoms. The zero-order chi connectivity index (χ0) is 16.8. The molecular formula is C19H27N3O2. The molecule has 0 amide bonds. The Morgan fingerprint density at radius 2 is 2.17 bits per heavy atom. The molecule has 0 radical (unpaired) electrons. The summed E-state index contributed by atoms with van der Waals surface area (Å²) in [6.45, 7) is 5.07. The Morgan fingerprint density at radius 3 is 2.88 bits per heavy atom. The molecule has 1 aliphatic rings. The van der Waals surface area contributed by atoms with Crippen molar-refractivity contribution >= 4 is 0 Å². The van der Waals surface area contributed by atoms with E-state index in [-0.39, 0.29) is 0 Å². The van der Waals surface area contributed by atoms with Gasteiger partial charge in [-0.3, -0.25) is 9.58 Å². The molecule has 1 aliphatic heterocycles. The van der Waals surface area contributed by atoms with Crippen LogP contribution in [0.5, 0.6) is 5.75 Å². The lowest BCUT2D eigenvalue weighted by Crippen LogP contribution is -2.42. The van der Waals surface area contributed by atoms with E-state index < -0.39 is 6.10 Å². The van der Waals surface area contributed by atoms with Gasteiger partial charge in [0.25, 0.3) is 0 Å². The molecule has 0 spiro atoms. The lowest BCUT2D eigenvalue weighted by molar-refractivity contribution is 0.0519. The fourth-order valence-electron chi connectivity index (χ4n) is 3.27. The van der Waals surface area contributed by atoms with Crippen molar-refractivity contribution in [3.63, 3.8) is 0 Å². The van der Waals surface area contributed by atoms with Gasteiger partial charge in [-0.2, -0.15) is 5.10 Å². The lowest BCUT2D eigenvalue weighted by Gasteiger charge is -2.33. The number of ether oxygens (including phenoxy) is 1. The molecule has 2 heterocycles. The number of aryl methyl sites for hydroxylation is 1. The molecule has 2 unspecified atom stereocenters. The Balaban J connectivity index is 1.44. The summed E-state index contributed by atoms with van der Waals surface area (Å²) in [4.78, 5) is 2.31. The number of hydrogen-bond donors (Lipinski definition) is 1. The Hall–Kier alpha value is -1.85. The Labute approximate surface area is 143 Å². The monoisotopic (exact) mass is 329 g/mol. The van der Waals surface area contributed by atoms with Gasteiger partial charge in [-0.1, -0.05) is 19.1 Å². The summed E-state index contributed by atoms with van der Waals surface area (Å²) in [7, 11) is 0. The van der Waals surface area contributed by atoms with Crippen molar-refractivity contribution in [3.8, 4) is 5.75 Å². The number of aliphatic hydroxyl groups excluding tert-OH is 1. The molecule has 0 bridgehead atoms. The second kappa shape index (κ2) is 8.31. The van der Waals surface area contributed by atoms with Crippen LogP contribution in [0.2, 0.25) is 0 Å². The van der Waals surface area contributed by atoms with E-state index in [1.807, 2.05) is 35.3 Å². The summed E-state index contributed by atoms with van der Waals surface area (Å²) in [5.41, 5.74) is 1.29. The van der Waals surface area contributed by atoms with E-state index in [9.17, 15) is 5.11 Å². The fourth-order valence-corrected chi connectivity index (χ4v) is 3.27. The fraction of sp³-hybridized carbons (Fsp3) is 0.526. The van der Waals surface area contributed by atoms with E-state index in [4.69, 9.17) is 4.74 Å². The van der Waals surface area contributed by atoms with Crippen molar-refractivity contribution < 1.29 is 9.84 Å². The van der Waals surface area contributed by atoms with E-state index in [1.54, 1.807) is 0 Å². The molecule has 1 fully saturated rings. The molecule has 5 nitrogen and oxygen atoms in total. The molecule has 1 aromatic carbocycles. The average Bonchev–Trinajstić information content (AvgIpc) is 3.15. The van der Waals surface area contributed by atoms with E-state index in [0.29, 0.717) is 19.2 Å². The molecule has 1 N–H and O–H groups in total. The number of hydrogen-bond acceptors (Lipinski definition) is 4. The van der Waals surface area contributed by atoms with Gasteiger partial charge in [0.15, 0.2) is 0 Å². The minimum Gasteiger partial charge on any atom is -0.491 e. The largest absolute Gasteiger partial charge is 0.491 e. The molecule has 0 aliphatic carbocycles.